The van der Waals surface area contributed by atoms with Gasteiger partial charge in [-0.15, -0.1) is 0 Å². The number of methoxy groups -OCH3 is 1. The molecule has 0 aliphatic rings. The molecule has 6 heteroatoms. The molecule has 0 saturated heterocycles. The normalized spacial score (nSPS) is 10.4. The van der Waals surface area contributed by atoms with Crippen LogP contribution in [-0.2, 0) is 17.8 Å². The first-order valence-corrected chi connectivity index (χ1v) is 9.26. The third-order valence-electron chi connectivity index (χ3n) is 4.15. The summed E-state index contributed by atoms with van der Waals surface area (Å²) in [6.45, 7) is 0.382. The number of anilines is 1. The van der Waals surface area contributed by atoms with E-state index in [1.807, 2.05) is 36.4 Å². The molecule has 0 spiro atoms. The lowest BCUT2D eigenvalue weighted by Crippen LogP contribution is -2.12. The van der Waals surface area contributed by atoms with Crippen LogP contribution in [0.1, 0.15) is 17.5 Å². The molecule has 0 aliphatic heterocycles. The standard InChI is InChI=1S/C22H21ClN2O3/c1-27-20-8-7-19(14-21(20)28-15-17-10-12-24-13-11-17)25-22(26)9-4-16-2-5-18(23)6-3-16/h2-3,5-8,10-14H,4,9,15H2,1H3,(H,25,26). The first-order chi connectivity index (χ1) is 13.6. The van der Waals surface area contributed by atoms with Crippen LogP contribution in [0.2, 0.25) is 5.02 Å². The van der Waals surface area contributed by atoms with Gasteiger partial charge in [-0.3, -0.25) is 9.78 Å². The summed E-state index contributed by atoms with van der Waals surface area (Å²) < 4.78 is 11.2. The Morgan fingerprint density at radius 2 is 1.75 bits per heavy atom. The molecule has 0 atom stereocenters. The molecule has 1 aromatic heterocycles. The van der Waals surface area contributed by atoms with Crippen molar-refractivity contribution in [3.63, 3.8) is 0 Å². The molecule has 28 heavy (non-hydrogen) atoms. The Kier molecular flexibility index (Phi) is 6.87. The lowest BCUT2D eigenvalue weighted by molar-refractivity contribution is -0.116. The summed E-state index contributed by atoms with van der Waals surface area (Å²) in [7, 11) is 1.58. The van der Waals surface area contributed by atoms with Gasteiger partial charge in [0.05, 0.1) is 7.11 Å². The number of carbonyl (C=O) groups excluding carboxylic acids is 1. The van der Waals surface area contributed by atoms with E-state index in [9.17, 15) is 4.79 Å². The maximum Gasteiger partial charge on any atom is 0.224 e. The van der Waals surface area contributed by atoms with Crippen molar-refractivity contribution in [1.82, 2.24) is 4.98 Å². The maximum atomic E-state index is 12.3. The summed E-state index contributed by atoms with van der Waals surface area (Å²) >= 11 is 5.88. The summed E-state index contributed by atoms with van der Waals surface area (Å²) in [6, 6.07) is 16.6. The molecule has 1 N–H and O–H groups in total. The highest BCUT2D eigenvalue weighted by Crippen LogP contribution is 2.31. The van der Waals surface area contributed by atoms with Crippen molar-refractivity contribution >= 4 is 23.2 Å². The summed E-state index contributed by atoms with van der Waals surface area (Å²) in [4.78, 5) is 16.3. The molecule has 0 aliphatic carbocycles. The minimum Gasteiger partial charge on any atom is -0.493 e. The number of aryl methyl sites for hydroxylation is 1. The number of amides is 1. The molecular weight excluding hydrogens is 376 g/mol. The summed E-state index contributed by atoms with van der Waals surface area (Å²) in [6.07, 6.45) is 4.45. The zero-order valence-corrected chi connectivity index (χ0v) is 16.3. The van der Waals surface area contributed by atoms with Gasteiger partial charge in [-0.05, 0) is 53.9 Å². The molecule has 3 aromatic rings. The molecule has 1 amide bonds. The van der Waals surface area contributed by atoms with Crippen LogP contribution in [0.15, 0.2) is 67.0 Å². The van der Waals surface area contributed by atoms with Crippen LogP contribution in [0.5, 0.6) is 11.5 Å². The predicted octanol–water partition coefficient (Wildman–Crippen LogP) is 4.89. The molecular formula is C22H21ClN2O3. The molecule has 3 rings (SSSR count). The Bertz CT molecular complexity index is 915. The minimum absolute atomic E-state index is 0.0693. The number of ether oxygens (including phenoxy) is 2. The van der Waals surface area contributed by atoms with E-state index in [1.165, 1.54) is 0 Å². The first kappa shape index (κ1) is 19.7. The highest BCUT2D eigenvalue weighted by Gasteiger charge is 2.09. The van der Waals surface area contributed by atoms with Gasteiger partial charge in [0, 0.05) is 35.6 Å². The molecule has 0 bridgehead atoms. The topological polar surface area (TPSA) is 60.5 Å². The highest BCUT2D eigenvalue weighted by molar-refractivity contribution is 6.30. The summed E-state index contributed by atoms with van der Waals surface area (Å²) in [5, 5.41) is 3.59. The van der Waals surface area contributed by atoms with E-state index in [0.29, 0.717) is 41.7 Å². The fourth-order valence-electron chi connectivity index (χ4n) is 2.64. The highest BCUT2D eigenvalue weighted by atomic mass is 35.5. The Balaban J connectivity index is 1.60. The molecule has 5 nitrogen and oxygen atoms in total. The largest absolute Gasteiger partial charge is 0.493 e. The maximum absolute atomic E-state index is 12.3. The third-order valence-corrected chi connectivity index (χ3v) is 4.40. The van der Waals surface area contributed by atoms with Gasteiger partial charge in [0.15, 0.2) is 11.5 Å². The number of carbonyl (C=O) groups is 1. The van der Waals surface area contributed by atoms with Crippen molar-refractivity contribution in [3.05, 3.63) is 83.1 Å². The predicted molar refractivity (Wildman–Crippen MR) is 110 cm³/mol. The second-order valence-corrected chi connectivity index (χ2v) is 6.62. The number of hydrogen-bond acceptors (Lipinski definition) is 4. The number of nitrogens with one attached hydrogen (secondary N) is 1. The average molecular weight is 397 g/mol. The quantitative estimate of drug-likeness (QED) is 0.588. The minimum atomic E-state index is -0.0693. The van der Waals surface area contributed by atoms with Crippen LogP contribution >= 0.6 is 11.6 Å². The van der Waals surface area contributed by atoms with Crippen molar-refractivity contribution in [2.45, 2.75) is 19.4 Å². The Morgan fingerprint density at radius 1 is 1.00 bits per heavy atom. The summed E-state index contributed by atoms with van der Waals surface area (Å²) in [5.41, 5.74) is 2.72. The number of benzene rings is 2. The Hall–Kier alpha value is -3.05. The number of pyridine rings is 1. The zero-order valence-electron chi connectivity index (χ0n) is 15.5. The number of halogens is 1. The monoisotopic (exact) mass is 396 g/mol. The van der Waals surface area contributed by atoms with Crippen LogP contribution < -0.4 is 14.8 Å². The smallest absolute Gasteiger partial charge is 0.224 e. The number of nitrogens with zero attached hydrogens (tertiary/aromatic N) is 1. The van der Waals surface area contributed by atoms with Gasteiger partial charge in [-0.2, -0.15) is 0 Å². The second-order valence-electron chi connectivity index (χ2n) is 6.18. The van der Waals surface area contributed by atoms with Crippen LogP contribution in [0.25, 0.3) is 0 Å². The van der Waals surface area contributed by atoms with E-state index in [2.05, 4.69) is 10.3 Å². The van der Waals surface area contributed by atoms with Crippen LogP contribution in [-0.4, -0.2) is 18.0 Å². The third kappa shape index (κ3) is 5.72. The molecule has 2 aromatic carbocycles. The van der Waals surface area contributed by atoms with Crippen LogP contribution in [0.3, 0.4) is 0 Å². The fraction of sp³-hybridized carbons (Fsp3) is 0.182. The van der Waals surface area contributed by atoms with Crippen molar-refractivity contribution in [3.8, 4) is 11.5 Å². The Morgan fingerprint density at radius 3 is 2.46 bits per heavy atom. The fourth-order valence-corrected chi connectivity index (χ4v) is 2.77. The molecule has 144 valence electrons. The van der Waals surface area contributed by atoms with Gasteiger partial charge in [0.25, 0.3) is 0 Å². The first-order valence-electron chi connectivity index (χ1n) is 8.88. The Labute approximate surface area is 169 Å². The van der Waals surface area contributed by atoms with Crippen molar-refractivity contribution in [2.24, 2.45) is 0 Å². The van der Waals surface area contributed by atoms with E-state index in [-0.39, 0.29) is 5.91 Å². The average Bonchev–Trinajstić information content (AvgIpc) is 2.73. The lowest BCUT2D eigenvalue weighted by Gasteiger charge is -2.13. The number of rotatable bonds is 8. The second kappa shape index (κ2) is 9.76. The van der Waals surface area contributed by atoms with Gasteiger partial charge in [-0.1, -0.05) is 23.7 Å². The van der Waals surface area contributed by atoms with Crippen LogP contribution in [0.4, 0.5) is 5.69 Å². The molecule has 0 radical (unpaired) electrons. The van der Waals surface area contributed by atoms with E-state index in [0.717, 1.165) is 11.1 Å². The van der Waals surface area contributed by atoms with E-state index in [4.69, 9.17) is 21.1 Å². The van der Waals surface area contributed by atoms with Gasteiger partial charge in [0.1, 0.15) is 6.61 Å². The summed E-state index contributed by atoms with van der Waals surface area (Å²) in [5.74, 6) is 1.10. The van der Waals surface area contributed by atoms with Gasteiger partial charge >= 0.3 is 0 Å². The van der Waals surface area contributed by atoms with E-state index in [1.54, 1.807) is 37.7 Å². The van der Waals surface area contributed by atoms with E-state index >= 15 is 0 Å². The molecule has 0 saturated carbocycles. The molecule has 0 unspecified atom stereocenters. The van der Waals surface area contributed by atoms with Crippen molar-refractivity contribution in [1.29, 1.82) is 0 Å². The van der Waals surface area contributed by atoms with Crippen LogP contribution in [0, 0.1) is 0 Å². The SMILES string of the molecule is COc1ccc(NC(=O)CCc2ccc(Cl)cc2)cc1OCc1ccncc1. The van der Waals surface area contributed by atoms with Gasteiger partial charge < -0.3 is 14.8 Å². The zero-order chi connectivity index (χ0) is 19.8. The van der Waals surface area contributed by atoms with Gasteiger partial charge in [-0.25, -0.2) is 0 Å². The number of hydrogen-bond donors (Lipinski definition) is 1. The van der Waals surface area contributed by atoms with Crippen molar-refractivity contribution < 1.29 is 14.3 Å². The van der Waals surface area contributed by atoms with Gasteiger partial charge in [0.2, 0.25) is 5.91 Å². The van der Waals surface area contributed by atoms with E-state index < -0.39 is 0 Å². The van der Waals surface area contributed by atoms with Crippen molar-refractivity contribution in [2.75, 3.05) is 12.4 Å². The molecule has 0 fully saturated rings. The molecule has 1 heterocycles. The lowest BCUT2D eigenvalue weighted by atomic mass is 10.1. The number of aromatic nitrogens is 1.